The molecule has 3 N–H and O–H groups in total. The molecule has 2 aromatic carbocycles. The summed E-state index contributed by atoms with van der Waals surface area (Å²) in [6.45, 7) is 1.09. The van der Waals surface area contributed by atoms with Gasteiger partial charge in [0.25, 0.3) is 0 Å². The van der Waals surface area contributed by atoms with Crippen molar-refractivity contribution >= 4 is 29.0 Å². The largest absolute Gasteiger partial charge is 0.506 e. The molecule has 0 aliphatic rings. The Bertz CT molecular complexity index is 1070. The number of benzene rings is 2. The molecule has 2 amide bonds. The van der Waals surface area contributed by atoms with Gasteiger partial charge in [-0.1, -0.05) is 11.6 Å². The number of carbonyl (C=O) groups excluding carboxylic acids is 1. The van der Waals surface area contributed by atoms with Crippen molar-refractivity contribution < 1.29 is 19.0 Å². The van der Waals surface area contributed by atoms with Gasteiger partial charge >= 0.3 is 6.03 Å². The van der Waals surface area contributed by atoms with Gasteiger partial charge < -0.3 is 25.4 Å². The van der Waals surface area contributed by atoms with Crippen molar-refractivity contribution in [3.63, 3.8) is 0 Å². The summed E-state index contributed by atoms with van der Waals surface area (Å²) in [5.41, 5.74) is 1.28. The summed E-state index contributed by atoms with van der Waals surface area (Å²) in [6.07, 6.45) is 1.12. The summed E-state index contributed by atoms with van der Waals surface area (Å²) in [4.78, 5) is 14.4. The number of likely N-dealkylation sites (N-methyl/N-ethyl adjacent to an activating group) is 1. The zero-order valence-electron chi connectivity index (χ0n) is 17.3. The highest BCUT2D eigenvalue weighted by Gasteiger charge is 2.17. The number of ether oxygens (including phenoxy) is 1. The average Bonchev–Trinajstić information content (AvgIpc) is 3.03. The molecule has 0 aliphatic heterocycles. The second-order valence-electron chi connectivity index (χ2n) is 7.07. The standard InChI is InChI=1S/C21H23ClFN5O3/c1-27(2)8-9-31-19-7-5-14(11-15(19)20-16(23)12-24-28(20)3)25-21(30)26-17-6-4-13(22)10-18(17)29/h4-7,10-12,29H,8-9H2,1-3H3,(H2,25,26,30). The molecule has 0 atom stereocenters. The van der Waals surface area contributed by atoms with E-state index < -0.39 is 11.8 Å². The first-order chi connectivity index (χ1) is 14.7. The number of phenolic OH excluding ortho intramolecular Hbond substituents is 1. The number of nitrogens with zero attached hydrogens (tertiary/aromatic N) is 3. The Morgan fingerprint density at radius 1 is 1.26 bits per heavy atom. The maximum absolute atomic E-state index is 14.4. The molecule has 1 heterocycles. The van der Waals surface area contributed by atoms with Crippen LogP contribution in [0.2, 0.25) is 5.02 Å². The fourth-order valence-electron chi connectivity index (χ4n) is 2.87. The molecule has 0 spiro atoms. The van der Waals surface area contributed by atoms with Crippen LogP contribution < -0.4 is 15.4 Å². The van der Waals surface area contributed by atoms with Crippen molar-refractivity contribution in [1.82, 2.24) is 14.7 Å². The highest BCUT2D eigenvalue weighted by Crippen LogP contribution is 2.34. The lowest BCUT2D eigenvalue weighted by Crippen LogP contribution is -2.20. The molecule has 0 unspecified atom stereocenters. The van der Waals surface area contributed by atoms with Crippen molar-refractivity contribution in [2.24, 2.45) is 7.05 Å². The van der Waals surface area contributed by atoms with Gasteiger partial charge in [-0.25, -0.2) is 9.18 Å². The van der Waals surface area contributed by atoms with Gasteiger partial charge in [0, 0.05) is 35.9 Å². The molecule has 0 saturated heterocycles. The van der Waals surface area contributed by atoms with Gasteiger partial charge in [-0.05, 0) is 44.4 Å². The lowest BCUT2D eigenvalue weighted by atomic mass is 10.1. The van der Waals surface area contributed by atoms with Crippen molar-refractivity contribution in [3.05, 3.63) is 53.4 Å². The fraction of sp³-hybridized carbons (Fsp3) is 0.238. The number of anilines is 2. The number of aromatic hydroxyl groups is 1. The molecule has 1 aromatic heterocycles. The molecular formula is C21H23ClFN5O3. The maximum atomic E-state index is 14.4. The Morgan fingerprint density at radius 2 is 2.03 bits per heavy atom. The molecule has 0 saturated carbocycles. The van der Waals surface area contributed by atoms with Crippen LogP contribution in [0, 0.1) is 5.82 Å². The zero-order chi connectivity index (χ0) is 22.5. The molecule has 31 heavy (non-hydrogen) atoms. The quantitative estimate of drug-likeness (QED) is 0.473. The van der Waals surface area contributed by atoms with E-state index >= 15 is 0 Å². The number of hydrogen-bond acceptors (Lipinski definition) is 5. The second kappa shape index (κ2) is 9.67. The van der Waals surface area contributed by atoms with Crippen LogP contribution in [-0.2, 0) is 7.05 Å². The fourth-order valence-corrected chi connectivity index (χ4v) is 3.03. The second-order valence-corrected chi connectivity index (χ2v) is 7.50. The van der Waals surface area contributed by atoms with E-state index in [9.17, 15) is 14.3 Å². The van der Waals surface area contributed by atoms with Gasteiger partial charge in [0.05, 0.1) is 11.9 Å². The van der Waals surface area contributed by atoms with E-state index in [0.717, 1.165) is 6.20 Å². The number of amides is 2. The summed E-state index contributed by atoms with van der Waals surface area (Å²) in [5.74, 6) is -0.205. The molecule has 10 heteroatoms. The molecule has 0 fully saturated rings. The summed E-state index contributed by atoms with van der Waals surface area (Å²) >= 11 is 5.80. The van der Waals surface area contributed by atoms with Crippen LogP contribution in [0.5, 0.6) is 11.5 Å². The number of aryl methyl sites for hydroxylation is 1. The first-order valence-corrected chi connectivity index (χ1v) is 9.78. The van der Waals surface area contributed by atoms with Crippen LogP contribution in [-0.4, -0.2) is 53.1 Å². The summed E-state index contributed by atoms with van der Waals surface area (Å²) in [6, 6.07) is 8.66. The number of urea groups is 1. The molecule has 0 bridgehead atoms. The lowest BCUT2D eigenvalue weighted by Gasteiger charge is -2.16. The third kappa shape index (κ3) is 5.65. The van der Waals surface area contributed by atoms with E-state index in [2.05, 4.69) is 15.7 Å². The van der Waals surface area contributed by atoms with E-state index in [1.54, 1.807) is 31.3 Å². The number of nitrogens with one attached hydrogen (secondary N) is 2. The maximum Gasteiger partial charge on any atom is 0.323 e. The number of hydrogen-bond donors (Lipinski definition) is 3. The number of rotatable bonds is 7. The molecular weight excluding hydrogens is 425 g/mol. The highest BCUT2D eigenvalue weighted by atomic mass is 35.5. The molecule has 3 rings (SSSR count). The minimum Gasteiger partial charge on any atom is -0.506 e. The molecule has 0 radical (unpaired) electrons. The Kier molecular flexibility index (Phi) is 6.98. The zero-order valence-corrected chi connectivity index (χ0v) is 18.1. The van der Waals surface area contributed by atoms with Crippen LogP contribution in [0.15, 0.2) is 42.6 Å². The van der Waals surface area contributed by atoms with Gasteiger partial charge in [-0.2, -0.15) is 5.10 Å². The van der Waals surface area contributed by atoms with E-state index in [1.165, 1.54) is 16.8 Å². The van der Waals surface area contributed by atoms with Gasteiger partial charge in [0.15, 0.2) is 5.82 Å². The summed E-state index contributed by atoms with van der Waals surface area (Å²) < 4.78 is 21.6. The van der Waals surface area contributed by atoms with Crippen LogP contribution in [0.4, 0.5) is 20.6 Å². The Morgan fingerprint density at radius 3 is 2.68 bits per heavy atom. The Balaban J connectivity index is 1.84. The smallest absolute Gasteiger partial charge is 0.323 e. The monoisotopic (exact) mass is 447 g/mol. The minimum absolute atomic E-state index is 0.162. The predicted molar refractivity (Wildman–Crippen MR) is 118 cm³/mol. The average molecular weight is 448 g/mol. The highest BCUT2D eigenvalue weighted by molar-refractivity contribution is 6.30. The Labute approximate surface area is 184 Å². The summed E-state index contributed by atoms with van der Waals surface area (Å²) in [5, 5.41) is 19.4. The number of phenols is 1. The number of halogens is 2. The van der Waals surface area contributed by atoms with Crippen molar-refractivity contribution in [3.8, 4) is 22.8 Å². The Hall–Kier alpha value is -3.30. The minimum atomic E-state index is -0.588. The SMILES string of the molecule is CN(C)CCOc1ccc(NC(=O)Nc2ccc(Cl)cc2O)cc1-c1c(F)cnn1C. The van der Waals surface area contributed by atoms with E-state index in [0.29, 0.717) is 35.2 Å². The molecule has 0 aliphatic carbocycles. The van der Waals surface area contributed by atoms with Crippen molar-refractivity contribution in [2.75, 3.05) is 37.9 Å². The van der Waals surface area contributed by atoms with Gasteiger partial charge in [-0.3, -0.25) is 4.68 Å². The van der Waals surface area contributed by atoms with Gasteiger partial charge in [0.2, 0.25) is 0 Å². The van der Waals surface area contributed by atoms with E-state index in [4.69, 9.17) is 16.3 Å². The van der Waals surface area contributed by atoms with Gasteiger partial charge in [-0.15, -0.1) is 0 Å². The third-order valence-corrected chi connectivity index (χ3v) is 4.63. The number of carbonyl (C=O) groups is 1. The van der Waals surface area contributed by atoms with Crippen LogP contribution in [0.25, 0.3) is 11.3 Å². The first kappa shape index (κ1) is 22.4. The van der Waals surface area contributed by atoms with Crippen molar-refractivity contribution in [1.29, 1.82) is 0 Å². The lowest BCUT2D eigenvalue weighted by molar-refractivity contribution is 0.261. The third-order valence-electron chi connectivity index (χ3n) is 4.39. The van der Waals surface area contributed by atoms with E-state index in [-0.39, 0.29) is 17.1 Å². The van der Waals surface area contributed by atoms with Crippen molar-refractivity contribution in [2.45, 2.75) is 0 Å². The molecule has 164 valence electrons. The van der Waals surface area contributed by atoms with E-state index in [1.807, 2.05) is 19.0 Å². The number of aromatic nitrogens is 2. The first-order valence-electron chi connectivity index (χ1n) is 9.40. The van der Waals surface area contributed by atoms with Gasteiger partial charge in [0.1, 0.15) is 23.8 Å². The topological polar surface area (TPSA) is 91.7 Å². The molecule has 3 aromatic rings. The predicted octanol–water partition coefficient (Wildman–Crippen LogP) is 4.17. The van der Waals surface area contributed by atoms with Crippen LogP contribution >= 0.6 is 11.6 Å². The summed E-state index contributed by atoms with van der Waals surface area (Å²) in [7, 11) is 5.47. The van der Waals surface area contributed by atoms with Crippen LogP contribution in [0.1, 0.15) is 0 Å². The molecule has 8 nitrogen and oxygen atoms in total. The van der Waals surface area contributed by atoms with Crippen LogP contribution in [0.3, 0.4) is 0 Å². The normalized spacial score (nSPS) is 10.9.